The van der Waals surface area contributed by atoms with E-state index in [1.807, 2.05) is 33.8 Å². The summed E-state index contributed by atoms with van der Waals surface area (Å²) in [4.78, 5) is 30.7. The molecule has 1 aliphatic carbocycles. The summed E-state index contributed by atoms with van der Waals surface area (Å²) in [5.74, 6) is 0.345. The fourth-order valence-corrected chi connectivity index (χ4v) is 5.85. The average Bonchev–Trinajstić information content (AvgIpc) is 3.36. The quantitative estimate of drug-likeness (QED) is 0.643. The molecular weight excluding hydrogens is 434 g/mol. The number of aromatic nitrogens is 2. The molecule has 0 saturated carbocycles. The van der Waals surface area contributed by atoms with Gasteiger partial charge in [-0.15, -0.1) is 11.3 Å². The highest BCUT2D eigenvalue weighted by Crippen LogP contribution is 2.40. The maximum Gasteiger partial charge on any atom is 0.274 e. The summed E-state index contributed by atoms with van der Waals surface area (Å²) in [7, 11) is 2.11. The third-order valence-electron chi connectivity index (χ3n) is 6.42. The molecule has 0 bridgehead atoms. The van der Waals surface area contributed by atoms with Crippen molar-refractivity contribution in [2.75, 3.05) is 38.5 Å². The van der Waals surface area contributed by atoms with Crippen LogP contribution in [0, 0.1) is 5.92 Å². The lowest BCUT2D eigenvalue weighted by Gasteiger charge is -2.22. The number of nitrogens with one attached hydrogen (secondary N) is 1. The molecule has 1 unspecified atom stereocenters. The molecule has 0 spiro atoms. The van der Waals surface area contributed by atoms with Crippen LogP contribution in [0.2, 0.25) is 0 Å². The van der Waals surface area contributed by atoms with Crippen molar-refractivity contribution in [3.05, 3.63) is 51.8 Å². The number of nitrogens with zero attached hydrogens (tertiary/aromatic N) is 4. The molecule has 1 atom stereocenters. The number of fused-ring (bicyclic) bond motifs is 3. The first-order chi connectivity index (χ1) is 15.9. The highest BCUT2D eigenvalue weighted by atomic mass is 32.1. The van der Waals surface area contributed by atoms with E-state index in [0.717, 1.165) is 61.7 Å². The van der Waals surface area contributed by atoms with Gasteiger partial charge >= 0.3 is 0 Å². The Morgan fingerprint density at radius 3 is 2.64 bits per heavy atom. The smallest absolute Gasteiger partial charge is 0.274 e. The fraction of sp³-hybridized carbons (Fsp3) is 0.400. The van der Waals surface area contributed by atoms with Crippen LogP contribution in [-0.4, -0.2) is 64.6 Å². The van der Waals surface area contributed by atoms with Crippen molar-refractivity contribution in [3.63, 3.8) is 0 Å². The van der Waals surface area contributed by atoms with E-state index in [1.54, 1.807) is 11.3 Å². The topological polar surface area (TPSA) is 70.5 Å². The van der Waals surface area contributed by atoms with Crippen molar-refractivity contribution < 1.29 is 9.59 Å². The van der Waals surface area contributed by atoms with E-state index in [9.17, 15) is 9.59 Å². The molecule has 3 aromatic rings. The van der Waals surface area contributed by atoms with E-state index < -0.39 is 0 Å². The van der Waals surface area contributed by atoms with Gasteiger partial charge in [-0.25, -0.2) is 4.68 Å². The molecule has 2 aromatic heterocycles. The summed E-state index contributed by atoms with van der Waals surface area (Å²) in [6.07, 6.45) is 1.75. The van der Waals surface area contributed by atoms with Crippen LogP contribution in [0.1, 0.15) is 34.8 Å². The summed E-state index contributed by atoms with van der Waals surface area (Å²) in [5.41, 5.74) is 5.42. The first-order valence-corrected chi connectivity index (χ1v) is 12.3. The van der Waals surface area contributed by atoms with Crippen molar-refractivity contribution in [3.8, 4) is 16.9 Å². The Hall–Kier alpha value is -2.97. The van der Waals surface area contributed by atoms with Gasteiger partial charge in [0.1, 0.15) is 0 Å². The SMILES string of the molecule is CC(=O)Nc1ccc(-n2nc(C(=O)N3CCN(C)CC(C)C3)c3c2-c2ccsc2CC3)cc1. The summed E-state index contributed by atoms with van der Waals surface area (Å²) in [5, 5.41) is 9.83. The van der Waals surface area contributed by atoms with Gasteiger partial charge in [-0.1, -0.05) is 6.92 Å². The van der Waals surface area contributed by atoms with Crippen LogP contribution in [0.5, 0.6) is 0 Å². The number of thiophene rings is 1. The van der Waals surface area contributed by atoms with Gasteiger partial charge in [0.05, 0.1) is 11.4 Å². The minimum atomic E-state index is -0.104. The second-order valence-corrected chi connectivity index (χ2v) is 10.2. The minimum absolute atomic E-state index is 0.0284. The summed E-state index contributed by atoms with van der Waals surface area (Å²) >= 11 is 1.76. The number of carbonyl (C=O) groups is 2. The molecule has 1 aromatic carbocycles. The number of aryl methyl sites for hydroxylation is 1. The lowest BCUT2D eigenvalue weighted by Crippen LogP contribution is -2.36. The van der Waals surface area contributed by atoms with Crippen LogP contribution in [0.15, 0.2) is 35.7 Å². The number of anilines is 1. The molecule has 172 valence electrons. The zero-order valence-electron chi connectivity index (χ0n) is 19.3. The van der Waals surface area contributed by atoms with Crippen LogP contribution < -0.4 is 5.32 Å². The average molecular weight is 464 g/mol. The number of amides is 2. The van der Waals surface area contributed by atoms with E-state index in [0.29, 0.717) is 11.6 Å². The van der Waals surface area contributed by atoms with Gasteiger partial charge in [-0.2, -0.15) is 5.10 Å². The van der Waals surface area contributed by atoms with E-state index >= 15 is 0 Å². The predicted molar refractivity (Wildman–Crippen MR) is 131 cm³/mol. The van der Waals surface area contributed by atoms with Gasteiger partial charge in [0.15, 0.2) is 5.69 Å². The summed E-state index contributed by atoms with van der Waals surface area (Å²) in [6, 6.07) is 9.76. The minimum Gasteiger partial charge on any atom is -0.336 e. The maximum atomic E-state index is 13.7. The van der Waals surface area contributed by atoms with E-state index in [4.69, 9.17) is 5.10 Å². The normalized spacial score (nSPS) is 18.4. The molecule has 1 N–H and O–H groups in total. The van der Waals surface area contributed by atoms with Crippen LogP contribution in [0.4, 0.5) is 5.69 Å². The van der Waals surface area contributed by atoms with Crippen LogP contribution >= 0.6 is 11.3 Å². The molecule has 5 rings (SSSR count). The zero-order chi connectivity index (χ0) is 23.1. The molecule has 3 heterocycles. The van der Waals surface area contributed by atoms with E-state index in [2.05, 4.69) is 35.6 Å². The monoisotopic (exact) mass is 463 g/mol. The molecule has 2 amide bonds. The van der Waals surface area contributed by atoms with Gasteiger partial charge < -0.3 is 15.1 Å². The number of hydrogen-bond donors (Lipinski definition) is 1. The van der Waals surface area contributed by atoms with Crippen LogP contribution in [-0.2, 0) is 17.6 Å². The van der Waals surface area contributed by atoms with Crippen molar-refractivity contribution in [1.29, 1.82) is 0 Å². The number of benzene rings is 1. The highest BCUT2D eigenvalue weighted by molar-refractivity contribution is 7.10. The van der Waals surface area contributed by atoms with Crippen LogP contribution in [0.3, 0.4) is 0 Å². The van der Waals surface area contributed by atoms with Gasteiger partial charge in [-0.05, 0) is 61.5 Å². The highest BCUT2D eigenvalue weighted by Gasteiger charge is 2.32. The molecular formula is C25H29N5O2S. The standard InChI is InChI=1S/C25H29N5O2S/c1-16-14-28(3)11-12-29(15-16)25(32)23-21-8-9-22-20(10-13-33-22)24(21)30(27-23)19-6-4-18(5-7-19)26-17(2)31/h4-7,10,13,16H,8-9,11-12,14-15H2,1-3H3,(H,26,31). The summed E-state index contributed by atoms with van der Waals surface area (Å²) < 4.78 is 1.91. The molecule has 1 aliphatic heterocycles. The molecule has 8 heteroatoms. The van der Waals surface area contributed by atoms with Crippen LogP contribution in [0.25, 0.3) is 16.9 Å². The lowest BCUT2D eigenvalue weighted by atomic mass is 9.94. The zero-order valence-corrected chi connectivity index (χ0v) is 20.1. The van der Waals surface area contributed by atoms with Crippen molar-refractivity contribution in [1.82, 2.24) is 19.6 Å². The number of likely N-dealkylation sites (N-methyl/N-ethyl adjacent to an activating group) is 1. The van der Waals surface area contributed by atoms with Gasteiger partial charge in [0, 0.05) is 54.8 Å². The molecule has 7 nitrogen and oxygen atoms in total. The molecule has 33 heavy (non-hydrogen) atoms. The Balaban J connectivity index is 1.57. The number of hydrogen-bond acceptors (Lipinski definition) is 5. The van der Waals surface area contributed by atoms with Gasteiger partial charge in [0.2, 0.25) is 5.91 Å². The number of rotatable bonds is 3. The first kappa shape index (κ1) is 21.9. The molecule has 1 saturated heterocycles. The Morgan fingerprint density at radius 2 is 1.88 bits per heavy atom. The third kappa shape index (κ3) is 4.20. The lowest BCUT2D eigenvalue weighted by molar-refractivity contribution is -0.114. The second kappa shape index (κ2) is 8.76. The Labute approximate surface area is 198 Å². The maximum absolute atomic E-state index is 13.7. The molecule has 2 aliphatic rings. The Kier molecular flexibility index (Phi) is 5.80. The van der Waals surface area contributed by atoms with Crippen molar-refractivity contribution >= 4 is 28.8 Å². The van der Waals surface area contributed by atoms with E-state index in [-0.39, 0.29) is 11.8 Å². The fourth-order valence-electron chi connectivity index (χ4n) is 4.97. The predicted octanol–water partition coefficient (Wildman–Crippen LogP) is 3.68. The third-order valence-corrected chi connectivity index (χ3v) is 7.40. The van der Waals surface area contributed by atoms with Crippen molar-refractivity contribution in [2.45, 2.75) is 26.7 Å². The molecule has 1 fully saturated rings. The molecule has 0 radical (unpaired) electrons. The second-order valence-electron chi connectivity index (χ2n) is 9.19. The Morgan fingerprint density at radius 1 is 1.09 bits per heavy atom. The first-order valence-electron chi connectivity index (χ1n) is 11.4. The largest absolute Gasteiger partial charge is 0.336 e. The summed E-state index contributed by atoms with van der Waals surface area (Å²) in [6.45, 7) is 7.03. The van der Waals surface area contributed by atoms with Gasteiger partial charge in [0.25, 0.3) is 5.91 Å². The van der Waals surface area contributed by atoms with Crippen molar-refractivity contribution in [2.24, 2.45) is 5.92 Å². The Bertz CT molecular complexity index is 1200. The number of carbonyl (C=O) groups excluding carboxylic acids is 2. The van der Waals surface area contributed by atoms with E-state index in [1.165, 1.54) is 17.4 Å². The van der Waals surface area contributed by atoms with Gasteiger partial charge in [-0.3, -0.25) is 9.59 Å².